The number of carbonyl (C=O) groups excluding carboxylic acids is 2. The second-order valence-corrected chi connectivity index (χ2v) is 10.3. The number of amides is 2. The third kappa shape index (κ3) is 5.69. The number of hydrogen-bond donors (Lipinski definition) is 3. The van der Waals surface area contributed by atoms with E-state index in [0.29, 0.717) is 30.7 Å². The number of likely N-dealkylation sites (tertiary alicyclic amines) is 1. The van der Waals surface area contributed by atoms with Crippen molar-refractivity contribution >= 4 is 29.0 Å². The van der Waals surface area contributed by atoms with Crippen molar-refractivity contribution in [3.05, 3.63) is 28.5 Å². The molecule has 8 nitrogen and oxygen atoms in total. The van der Waals surface area contributed by atoms with Gasteiger partial charge in [-0.3, -0.25) is 9.59 Å². The topological polar surface area (TPSA) is 107 Å². The Morgan fingerprint density at radius 3 is 2.51 bits per heavy atom. The highest BCUT2D eigenvalue weighted by Gasteiger charge is 2.37. The summed E-state index contributed by atoms with van der Waals surface area (Å²) >= 11 is 0.716. The van der Waals surface area contributed by atoms with Gasteiger partial charge in [0.1, 0.15) is 17.6 Å². The Morgan fingerprint density at radius 1 is 1.24 bits per heavy atom. The molecular formula is C23H26F5N5O3S. The van der Waals surface area contributed by atoms with Crippen LogP contribution in [0.5, 0.6) is 0 Å². The van der Waals surface area contributed by atoms with Crippen LogP contribution in [0.25, 0.3) is 10.4 Å². The first-order chi connectivity index (χ1) is 17.4. The number of nitrogens with zero attached hydrogens (tertiary/aromatic N) is 3. The van der Waals surface area contributed by atoms with E-state index in [4.69, 9.17) is 0 Å². The Kier molecular flexibility index (Phi) is 7.70. The zero-order chi connectivity index (χ0) is 27.1. The van der Waals surface area contributed by atoms with Gasteiger partial charge in [-0.1, -0.05) is 0 Å². The summed E-state index contributed by atoms with van der Waals surface area (Å²) < 4.78 is 67.0. The number of aromatic nitrogens is 2. The maximum Gasteiger partial charge on any atom is 0.408 e. The number of pyridine rings is 1. The zero-order valence-electron chi connectivity index (χ0n) is 20.0. The van der Waals surface area contributed by atoms with Crippen LogP contribution in [0.2, 0.25) is 0 Å². The monoisotopic (exact) mass is 547 g/mol. The van der Waals surface area contributed by atoms with Crippen LogP contribution in [0.3, 0.4) is 0 Å². The summed E-state index contributed by atoms with van der Waals surface area (Å²) in [6.45, 7) is 3.11. The van der Waals surface area contributed by atoms with Crippen LogP contribution < -0.4 is 10.6 Å². The number of aliphatic hydroxyl groups is 1. The van der Waals surface area contributed by atoms with E-state index < -0.39 is 54.0 Å². The van der Waals surface area contributed by atoms with Crippen molar-refractivity contribution in [3.63, 3.8) is 0 Å². The van der Waals surface area contributed by atoms with Crippen molar-refractivity contribution in [1.82, 2.24) is 20.2 Å². The smallest absolute Gasteiger partial charge is 0.391 e. The van der Waals surface area contributed by atoms with Crippen LogP contribution in [0, 0.1) is 0 Å². The van der Waals surface area contributed by atoms with E-state index >= 15 is 0 Å². The molecule has 14 heteroatoms. The average Bonchev–Trinajstić information content (AvgIpc) is 3.47. The normalized spacial score (nSPS) is 22.6. The highest BCUT2D eigenvalue weighted by Crippen LogP contribution is 2.39. The number of alkyl halides is 5. The van der Waals surface area contributed by atoms with E-state index in [0.717, 1.165) is 32.0 Å². The third-order valence-corrected chi connectivity index (χ3v) is 7.75. The minimum Gasteiger partial charge on any atom is -0.391 e. The Labute approximate surface area is 213 Å². The van der Waals surface area contributed by atoms with Crippen LogP contribution in [0.4, 0.5) is 27.8 Å². The van der Waals surface area contributed by atoms with Crippen LogP contribution in [-0.4, -0.2) is 68.7 Å². The Bertz CT molecular complexity index is 1170. The molecule has 1 saturated heterocycles. The highest BCUT2D eigenvalue weighted by molar-refractivity contribution is 7.17. The molecule has 0 aromatic carbocycles. The molecule has 1 aliphatic carbocycles. The molecule has 4 rings (SSSR count). The molecule has 3 N–H and O–H groups in total. The molecule has 2 amide bonds. The molecule has 202 valence electrons. The maximum atomic E-state index is 14.1. The van der Waals surface area contributed by atoms with Gasteiger partial charge in [0.2, 0.25) is 0 Å². The van der Waals surface area contributed by atoms with E-state index in [2.05, 4.69) is 20.6 Å². The molecule has 2 aliphatic rings. The van der Waals surface area contributed by atoms with E-state index in [1.54, 1.807) is 4.90 Å². The van der Waals surface area contributed by atoms with Gasteiger partial charge >= 0.3 is 6.18 Å². The molecule has 4 atom stereocenters. The number of nitrogens with one attached hydrogen (secondary N) is 2. The molecule has 0 bridgehead atoms. The van der Waals surface area contributed by atoms with Gasteiger partial charge in [0.05, 0.1) is 17.0 Å². The van der Waals surface area contributed by atoms with E-state index in [-0.39, 0.29) is 27.2 Å². The van der Waals surface area contributed by atoms with Crippen molar-refractivity contribution in [3.8, 4) is 10.4 Å². The van der Waals surface area contributed by atoms with Crippen LogP contribution in [0.1, 0.15) is 71.8 Å². The van der Waals surface area contributed by atoms with Crippen molar-refractivity contribution in [2.45, 2.75) is 76.4 Å². The van der Waals surface area contributed by atoms with Gasteiger partial charge in [-0.05, 0) is 45.6 Å². The molecule has 1 saturated carbocycles. The predicted molar refractivity (Wildman–Crippen MR) is 126 cm³/mol. The molecule has 2 fully saturated rings. The van der Waals surface area contributed by atoms with Gasteiger partial charge in [-0.2, -0.15) is 13.2 Å². The molecule has 1 aliphatic heterocycles. The molecule has 2 aromatic rings. The second kappa shape index (κ2) is 10.5. The summed E-state index contributed by atoms with van der Waals surface area (Å²) in [6, 6.07) is -1.82. The summed E-state index contributed by atoms with van der Waals surface area (Å²) in [6.07, 6.45) is -4.89. The fraction of sp³-hybridized carbons (Fsp3) is 0.565. The molecule has 0 radical (unpaired) electrons. The van der Waals surface area contributed by atoms with Crippen molar-refractivity contribution in [2.75, 3.05) is 11.9 Å². The largest absolute Gasteiger partial charge is 0.408 e. The minimum absolute atomic E-state index is 0.0263. The zero-order valence-corrected chi connectivity index (χ0v) is 20.8. The van der Waals surface area contributed by atoms with Gasteiger partial charge < -0.3 is 20.6 Å². The summed E-state index contributed by atoms with van der Waals surface area (Å²) in [5, 5.41) is 14.3. The molecule has 2 aromatic heterocycles. The lowest BCUT2D eigenvalue weighted by molar-refractivity contribution is -0.138. The molecule has 0 spiro atoms. The molecule has 1 unspecified atom stereocenters. The van der Waals surface area contributed by atoms with Crippen molar-refractivity contribution in [1.29, 1.82) is 0 Å². The summed E-state index contributed by atoms with van der Waals surface area (Å²) in [7, 11) is 0. The van der Waals surface area contributed by atoms with E-state index in [1.165, 1.54) is 0 Å². The lowest BCUT2D eigenvalue weighted by atomic mass is 9.89. The van der Waals surface area contributed by atoms with Gasteiger partial charge in [-0.15, -0.1) is 11.3 Å². The fourth-order valence-corrected chi connectivity index (χ4v) is 5.21. The first kappa shape index (κ1) is 27.2. The third-order valence-electron chi connectivity index (χ3n) is 6.66. The Morgan fingerprint density at radius 2 is 1.97 bits per heavy atom. The lowest BCUT2D eigenvalue weighted by Gasteiger charge is -2.32. The maximum absolute atomic E-state index is 14.1. The molecule has 3 heterocycles. The van der Waals surface area contributed by atoms with Crippen molar-refractivity contribution in [2.24, 2.45) is 0 Å². The van der Waals surface area contributed by atoms with Crippen molar-refractivity contribution < 1.29 is 36.6 Å². The number of halogens is 5. The van der Waals surface area contributed by atoms with Gasteiger partial charge in [-0.25, -0.2) is 18.7 Å². The average molecular weight is 548 g/mol. The summed E-state index contributed by atoms with van der Waals surface area (Å²) in [4.78, 5) is 35.8. The number of carbonyl (C=O) groups is 2. The number of aliphatic hydroxyl groups excluding tert-OH is 1. The van der Waals surface area contributed by atoms with Gasteiger partial charge in [0, 0.05) is 29.9 Å². The number of anilines is 1. The van der Waals surface area contributed by atoms with E-state index in [1.807, 2.05) is 6.92 Å². The minimum atomic E-state index is -4.62. The second-order valence-electron chi connectivity index (χ2n) is 9.28. The quantitative estimate of drug-likeness (QED) is 0.444. The highest BCUT2D eigenvalue weighted by atomic mass is 32.1. The summed E-state index contributed by atoms with van der Waals surface area (Å²) in [5.41, 5.74) is -1.05. The standard InChI is InChI=1S/C23H26F5N5O3S/c1-10-4-3-7-33(10)22(36)17-18(37-21(32-17)20(35)31-14-5-6-15(14)34)13-9-29-16(8-12(13)19(24)25)30-11(2)23(26,27)28/h8-11,14-15,19,34H,3-7H2,1-2H3,(H,29,30)(H,31,35)/t10-,11?,14-,15+/m0/s1. The Balaban J connectivity index is 1.74. The summed E-state index contributed by atoms with van der Waals surface area (Å²) in [5.74, 6) is -1.61. The Hall–Kier alpha value is -2.87. The van der Waals surface area contributed by atoms with Gasteiger partial charge in [0.15, 0.2) is 5.01 Å². The number of rotatable bonds is 7. The number of thiazole rings is 1. The first-order valence-corrected chi connectivity index (χ1v) is 12.6. The molecule has 37 heavy (non-hydrogen) atoms. The van der Waals surface area contributed by atoms with Gasteiger partial charge in [0.25, 0.3) is 18.2 Å². The SMILES string of the molecule is CC(Nc1cc(C(F)F)c(-c2sc(C(=O)N[C@H]3CC[C@H]3O)nc2C(=O)N2CCC[C@@H]2C)cn1)C(F)(F)F. The lowest BCUT2D eigenvalue weighted by Crippen LogP contribution is -2.50. The molecular weight excluding hydrogens is 521 g/mol. The van der Waals surface area contributed by atoms with Crippen LogP contribution in [-0.2, 0) is 0 Å². The van der Waals surface area contributed by atoms with Crippen LogP contribution in [0.15, 0.2) is 12.3 Å². The predicted octanol–water partition coefficient (Wildman–Crippen LogP) is 4.38. The first-order valence-electron chi connectivity index (χ1n) is 11.8. The fourth-order valence-electron chi connectivity index (χ4n) is 4.22. The number of hydrogen-bond acceptors (Lipinski definition) is 7. The van der Waals surface area contributed by atoms with Crippen LogP contribution >= 0.6 is 11.3 Å². The van der Waals surface area contributed by atoms with E-state index in [9.17, 15) is 36.6 Å².